The number of rotatable bonds is 5. The van der Waals surface area contributed by atoms with Gasteiger partial charge in [-0.15, -0.1) is 0 Å². The number of pyridine rings is 1. The molecule has 0 aliphatic carbocycles. The second kappa shape index (κ2) is 6.48. The third-order valence-electron chi connectivity index (χ3n) is 3.32. The lowest BCUT2D eigenvalue weighted by molar-refractivity contribution is 0.267. The van der Waals surface area contributed by atoms with Gasteiger partial charge in [-0.25, -0.2) is 0 Å². The number of nitrogens with one attached hydrogen (secondary N) is 1. The fourth-order valence-corrected chi connectivity index (χ4v) is 2.48. The summed E-state index contributed by atoms with van der Waals surface area (Å²) in [6, 6.07) is 10.5. The zero-order valence-corrected chi connectivity index (χ0v) is 13.3. The minimum atomic E-state index is -0.156. The van der Waals surface area contributed by atoms with E-state index in [4.69, 9.17) is 5.11 Å². The van der Waals surface area contributed by atoms with Gasteiger partial charge < -0.3 is 10.4 Å². The van der Waals surface area contributed by atoms with Crippen LogP contribution >= 0.6 is 15.9 Å². The van der Waals surface area contributed by atoms with Crippen molar-refractivity contribution in [1.29, 1.82) is 0 Å². The van der Waals surface area contributed by atoms with E-state index in [1.165, 1.54) is 5.56 Å². The van der Waals surface area contributed by atoms with Crippen LogP contribution < -0.4 is 5.32 Å². The highest BCUT2D eigenvalue weighted by Gasteiger charge is 2.18. The third-order valence-corrected chi connectivity index (χ3v) is 3.76. The molecule has 1 heterocycles. The molecule has 0 atom stereocenters. The van der Waals surface area contributed by atoms with Crippen LogP contribution in [0.25, 0.3) is 11.1 Å². The fraction of sp³-hybridized carbons (Fsp3) is 0.312. The number of benzene rings is 1. The molecule has 0 amide bonds. The summed E-state index contributed by atoms with van der Waals surface area (Å²) in [6.45, 7) is 4.95. The second-order valence-electron chi connectivity index (χ2n) is 5.24. The van der Waals surface area contributed by atoms with E-state index in [1.807, 2.05) is 6.20 Å². The van der Waals surface area contributed by atoms with Crippen molar-refractivity contribution >= 4 is 15.9 Å². The summed E-state index contributed by atoms with van der Waals surface area (Å²) in [5.74, 6) is 0. The molecular weight excluding hydrogens is 316 g/mol. The van der Waals surface area contributed by atoms with Gasteiger partial charge in [-0.3, -0.25) is 4.98 Å². The summed E-state index contributed by atoms with van der Waals surface area (Å²) in [5.41, 5.74) is 3.27. The lowest BCUT2D eigenvalue weighted by Crippen LogP contribution is -2.38. The van der Waals surface area contributed by atoms with Crippen LogP contribution in [-0.2, 0) is 5.54 Å². The van der Waals surface area contributed by atoms with E-state index in [-0.39, 0.29) is 12.1 Å². The van der Waals surface area contributed by atoms with Gasteiger partial charge in [-0.2, -0.15) is 0 Å². The van der Waals surface area contributed by atoms with Gasteiger partial charge in [0.2, 0.25) is 0 Å². The maximum Gasteiger partial charge on any atom is 0.0556 e. The molecule has 1 aromatic carbocycles. The van der Waals surface area contributed by atoms with E-state index in [9.17, 15) is 0 Å². The number of nitrogens with zero attached hydrogens (tertiary/aromatic N) is 1. The van der Waals surface area contributed by atoms with Gasteiger partial charge in [-0.05, 0) is 47.0 Å². The molecule has 0 spiro atoms. The topological polar surface area (TPSA) is 45.1 Å². The first-order valence-electron chi connectivity index (χ1n) is 6.60. The first-order chi connectivity index (χ1) is 9.53. The molecular formula is C16H19BrN2O. The molecule has 3 nitrogen and oxygen atoms in total. The van der Waals surface area contributed by atoms with Gasteiger partial charge in [0.1, 0.15) is 0 Å². The highest BCUT2D eigenvalue weighted by Crippen LogP contribution is 2.25. The molecule has 106 valence electrons. The standard InChI is InChI=1S/C16H19BrN2O/c1-16(2,19-7-8-20)14-5-3-12(4-6-14)13-9-15(17)11-18-10-13/h3-6,9-11,19-20H,7-8H2,1-2H3. The number of aromatic nitrogens is 1. The average molecular weight is 335 g/mol. The molecule has 0 fully saturated rings. The second-order valence-corrected chi connectivity index (χ2v) is 6.16. The molecule has 20 heavy (non-hydrogen) atoms. The number of hydrogen-bond acceptors (Lipinski definition) is 3. The molecule has 2 aromatic rings. The molecule has 0 aliphatic heterocycles. The van der Waals surface area contributed by atoms with Crippen LogP contribution in [0.5, 0.6) is 0 Å². The van der Waals surface area contributed by atoms with E-state index in [2.05, 4.69) is 70.4 Å². The minimum absolute atomic E-state index is 0.144. The smallest absolute Gasteiger partial charge is 0.0556 e. The SMILES string of the molecule is CC(C)(NCCO)c1ccc(-c2cncc(Br)c2)cc1. The van der Waals surface area contributed by atoms with Crippen molar-refractivity contribution in [1.82, 2.24) is 10.3 Å². The van der Waals surface area contributed by atoms with Gasteiger partial charge in [0.15, 0.2) is 0 Å². The summed E-state index contributed by atoms with van der Waals surface area (Å²) in [7, 11) is 0. The van der Waals surface area contributed by atoms with E-state index in [1.54, 1.807) is 6.20 Å². The van der Waals surface area contributed by atoms with Crippen LogP contribution in [0.4, 0.5) is 0 Å². The third kappa shape index (κ3) is 3.66. The number of halogens is 1. The molecule has 1 aromatic heterocycles. The Balaban J connectivity index is 2.22. The van der Waals surface area contributed by atoms with Gasteiger partial charge in [0.25, 0.3) is 0 Å². The average Bonchev–Trinajstić information content (AvgIpc) is 2.45. The Morgan fingerprint density at radius 2 is 1.85 bits per heavy atom. The summed E-state index contributed by atoms with van der Waals surface area (Å²) in [4.78, 5) is 4.19. The predicted molar refractivity (Wildman–Crippen MR) is 85.5 cm³/mol. The molecule has 0 saturated heterocycles. The first-order valence-corrected chi connectivity index (χ1v) is 7.39. The monoisotopic (exact) mass is 334 g/mol. The van der Waals surface area contributed by atoms with Crippen LogP contribution in [0.2, 0.25) is 0 Å². The Labute approximate surface area is 128 Å². The Bertz CT molecular complexity index is 567. The number of hydrogen-bond donors (Lipinski definition) is 2. The largest absolute Gasteiger partial charge is 0.395 e. The molecule has 0 unspecified atom stereocenters. The lowest BCUT2D eigenvalue weighted by atomic mass is 9.92. The van der Waals surface area contributed by atoms with Crippen molar-refractivity contribution in [2.24, 2.45) is 0 Å². The normalized spacial score (nSPS) is 11.6. The predicted octanol–water partition coefficient (Wildman–Crippen LogP) is 3.33. The van der Waals surface area contributed by atoms with Crippen molar-refractivity contribution in [2.75, 3.05) is 13.2 Å². The van der Waals surface area contributed by atoms with Crippen LogP contribution in [0, 0.1) is 0 Å². The van der Waals surface area contributed by atoms with E-state index in [0.29, 0.717) is 6.54 Å². The Kier molecular flexibility index (Phi) is 4.91. The zero-order chi connectivity index (χ0) is 14.6. The highest BCUT2D eigenvalue weighted by molar-refractivity contribution is 9.10. The molecule has 2 rings (SSSR count). The molecule has 0 aliphatic rings. The van der Waals surface area contributed by atoms with Crippen LogP contribution in [0.3, 0.4) is 0 Å². The van der Waals surface area contributed by atoms with Crippen molar-refractivity contribution < 1.29 is 5.11 Å². The van der Waals surface area contributed by atoms with Gasteiger partial charge in [0, 0.05) is 34.5 Å². The Hall–Kier alpha value is -1.23. The first kappa shape index (κ1) is 15.2. The lowest BCUT2D eigenvalue weighted by Gasteiger charge is -2.27. The van der Waals surface area contributed by atoms with Crippen LogP contribution in [0.15, 0.2) is 47.2 Å². The molecule has 2 N–H and O–H groups in total. The molecule has 4 heteroatoms. The summed E-state index contributed by atoms with van der Waals surface area (Å²) >= 11 is 3.44. The molecule has 0 bridgehead atoms. The van der Waals surface area contributed by atoms with Crippen molar-refractivity contribution in [3.8, 4) is 11.1 Å². The van der Waals surface area contributed by atoms with Gasteiger partial charge in [-0.1, -0.05) is 24.3 Å². The summed E-state index contributed by atoms with van der Waals surface area (Å²) in [5, 5.41) is 12.2. The summed E-state index contributed by atoms with van der Waals surface area (Å²) < 4.78 is 0.976. The summed E-state index contributed by atoms with van der Waals surface area (Å²) in [6.07, 6.45) is 3.63. The van der Waals surface area contributed by atoms with E-state index >= 15 is 0 Å². The van der Waals surface area contributed by atoms with E-state index < -0.39 is 0 Å². The fourth-order valence-electron chi connectivity index (χ4n) is 2.12. The molecule has 0 saturated carbocycles. The van der Waals surface area contributed by atoms with Crippen LogP contribution in [-0.4, -0.2) is 23.2 Å². The quantitative estimate of drug-likeness (QED) is 0.881. The van der Waals surface area contributed by atoms with Crippen molar-refractivity contribution in [2.45, 2.75) is 19.4 Å². The van der Waals surface area contributed by atoms with Crippen LogP contribution in [0.1, 0.15) is 19.4 Å². The van der Waals surface area contributed by atoms with Gasteiger partial charge in [0.05, 0.1) is 6.61 Å². The maximum atomic E-state index is 8.92. The number of aliphatic hydroxyl groups excluding tert-OH is 1. The number of aliphatic hydroxyl groups is 1. The Morgan fingerprint density at radius 3 is 2.45 bits per heavy atom. The van der Waals surface area contributed by atoms with E-state index in [0.717, 1.165) is 15.6 Å². The minimum Gasteiger partial charge on any atom is -0.395 e. The van der Waals surface area contributed by atoms with Gasteiger partial charge >= 0.3 is 0 Å². The highest BCUT2D eigenvalue weighted by atomic mass is 79.9. The molecule has 0 radical (unpaired) electrons. The van der Waals surface area contributed by atoms with Crippen molar-refractivity contribution in [3.05, 3.63) is 52.8 Å². The maximum absolute atomic E-state index is 8.92. The Morgan fingerprint density at radius 1 is 1.15 bits per heavy atom. The zero-order valence-electron chi connectivity index (χ0n) is 11.7. The van der Waals surface area contributed by atoms with Crippen molar-refractivity contribution in [3.63, 3.8) is 0 Å².